The Morgan fingerprint density at radius 1 is 0.595 bits per heavy atom. The number of aryl methyl sites for hydroxylation is 1. The molecule has 0 fully saturated rings. The lowest BCUT2D eigenvalue weighted by atomic mass is 9.98. The Labute approximate surface area is 221 Å². The minimum absolute atomic E-state index is 0.791. The fourth-order valence-corrected chi connectivity index (χ4v) is 10.1. The summed E-state index contributed by atoms with van der Waals surface area (Å²) in [6, 6.07) is 48.9. The maximum atomic E-state index is 4.45. The van der Waals surface area contributed by atoms with Crippen molar-refractivity contribution in [2.45, 2.75) is 13.8 Å². The van der Waals surface area contributed by atoms with Crippen molar-refractivity contribution in [3.8, 4) is 11.1 Å². The highest BCUT2D eigenvalue weighted by molar-refractivity contribution is 7.19. The van der Waals surface area contributed by atoms with Crippen molar-refractivity contribution in [2.75, 3.05) is 0 Å². The van der Waals surface area contributed by atoms with E-state index in [-0.39, 0.29) is 0 Å². The first-order valence-electron chi connectivity index (χ1n) is 12.7. The van der Waals surface area contributed by atoms with E-state index in [1.165, 1.54) is 37.4 Å². The average molecular weight is 494 g/mol. The van der Waals surface area contributed by atoms with Gasteiger partial charge < -0.3 is 0 Å². The van der Waals surface area contributed by atoms with E-state index in [2.05, 4.69) is 152 Å². The molecule has 0 heterocycles. The Balaban J connectivity index is 1.78. The van der Waals surface area contributed by atoms with Crippen LogP contribution in [0.4, 0.5) is 0 Å². The summed E-state index contributed by atoms with van der Waals surface area (Å²) in [5, 5.41) is 5.49. The molecule has 5 aromatic carbocycles. The van der Waals surface area contributed by atoms with Crippen LogP contribution in [0.2, 0.25) is 0 Å². The zero-order chi connectivity index (χ0) is 25.7. The predicted octanol–water partition coefficient (Wildman–Crippen LogP) is 6.10. The van der Waals surface area contributed by atoms with Crippen LogP contribution in [0.15, 0.2) is 145 Å². The minimum Gasteiger partial charge on any atom is -0.262 e. The third-order valence-corrected chi connectivity index (χ3v) is 11.9. The topological polar surface area (TPSA) is 12.4 Å². The van der Waals surface area contributed by atoms with Gasteiger partial charge in [-0.1, -0.05) is 134 Å². The fraction of sp³-hybridized carbons (Fsp3) is 0.0571. The Kier molecular flexibility index (Phi) is 7.11. The van der Waals surface area contributed by atoms with Crippen LogP contribution in [0.1, 0.15) is 18.1 Å². The van der Waals surface area contributed by atoms with Crippen molar-refractivity contribution in [2.24, 2.45) is 4.99 Å². The number of nitrogens with zero attached hydrogens (tertiary/aromatic N) is 1. The molecule has 5 aromatic rings. The van der Waals surface area contributed by atoms with Gasteiger partial charge in [0.1, 0.15) is 0 Å². The number of hydrogen-bond acceptors (Lipinski definition) is 1. The van der Waals surface area contributed by atoms with Crippen LogP contribution in [0.25, 0.3) is 16.8 Å². The summed E-state index contributed by atoms with van der Waals surface area (Å²) in [5.41, 5.74) is 5.43. The number of benzene rings is 5. The van der Waals surface area contributed by atoms with Gasteiger partial charge in [0, 0.05) is 11.8 Å². The van der Waals surface area contributed by atoms with Gasteiger partial charge in [-0.25, -0.2) is 0 Å². The molecule has 0 radical (unpaired) electrons. The summed E-state index contributed by atoms with van der Waals surface area (Å²) < 4.78 is 0. The Morgan fingerprint density at radius 2 is 1.08 bits per heavy atom. The molecule has 5 rings (SSSR count). The molecule has 180 valence electrons. The van der Waals surface area contributed by atoms with E-state index < -0.39 is 8.07 Å². The Bertz CT molecular complexity index is 1440. The first kappa shape index (κ1) is 24.4. The maximum absolute atomic E-state index is 4.45. The van der Waals surface area contributed by atoms with Gasteiger partial charge in [-0.2, -0.15) is 0 Å². The van der Waals surface area contributed by atoms with E-state index in [0.717, 1.165) is 11.3 Å². The highest BCUT2D eigenvalue weighted by Gasteiger charge is 2.41. The lowest BCUT2D eigenvalue weighted by Gasteiger charge is -2.34. The fourth-order valence-electron chi connectivity index (χ4n) is 5.33. The summed E-state index contributed by atoms with van der Waals surface area (Å²) >= 11 is 0. The number of rotatable bonds is 7. The van der Waals surface area contributed by atoms with Gasteiger partial charge in [-0.05, 0) is 57.4 Å². The Morgan fingerprint density at radius 3 is 1.59 bits per heavy atom. The molecule has 0 aliphatic carbocycles. The summed E-state index contributed by atoms with van der Waals surface area (Å²) in [4.78, 5) is 4.45. The molecular weight excluding hydrogens is 462 g/mol. The third kappa shape index (κ3) is 4.64. The second-order valence-electron chi connectivity index (χ2n) is 9.29. The summed E-state index contributed by atoms with van der Waals surface area (Å²) in [5.74, 6) is 0. The van der Waals surface area contributed by atoms with Crippen molar-refractivity contribution in [1.82, 2.24) is 0 Å². The van der Waals surface area contributed by atoms with Crippen LogP contribution >= 0.6 is 0 Å². The van der Waals surface area contributed by atoms with Crippen molar-refractivity contribution in [3.05, 3.63) is 151 Å². The summed E-state index contributed by atoms with van der Waals surface area (Å²) in [7, 11) is -2.56. The van der Waals surface area contributed by atoms with Crippen molar-refractivity contribution in [3.63, 3.8) is 0 Å². The van der Waals surface area contributed by atoms with Gasteiger partial charge in [-0.3, -0.25) is 4.99 Å². The molecule has 0 bridgehead atoms. The highest BCUT2D eigenvalue weighted by Crippen LogP contribution is 2.26. The van der Waals surface area contributed by atoms with Gasteiger partial charge in [0.25, 0.3) is 0 Å². The molecule has 0 unspecified atom stereocenters. The maximum Gasteiger partial charge on any atom is 0.179 e. The smallest absolute Gasteiger partial charge is 0.179 e. The minimum atomic E-state index is -2.56. The van der Waals surface area contributed by atoms with Gasteiger partial charge in [0.15, 0.2) is 8.07 Å². The molecule has 0 atom stereocenters. The lowest BCUT2D eigenvalue weighted by Crippen LogP contribution is -2.74. The van der Waals surface area contributed by atoms with Crippen LogP contribution in [0, 0.1) is 6.92 Å². The molecule has 0 aliphatic heterocycles. The third-order valence-electron chi connectivity index (χ3n) is 7.08. The molecule has 1 nitrogen and oxygen atoms in total. The standard InChI is InChI=1S/C35H31NSi/c1-4-36-28(3)35-26-30(24-23-27(35)2)29-15-14-22-34(25-29)37(31-16-8-5-9-17-31,32-18-10-6-11-19-32)33-20-12-7-13-21-33/h4-26H,3H2,1-2H3/b36-4-. The SMILES string of the molecule is C=C(/N=C\C)c1cc(-c2cccc([Si](c3ccccc3)(c3ccccc3)c3ccccc3)c2)ccc1C. The van der Waals surface area contributed by atoms with Gasteiger partial charge >= 0.3 is 0 Å². The largest absolute Gasteiger partial charge is 0.262 e. The quantitative estimate of drug-likeness (QED) is 0.148. The second kappa shape index (κ2) is 10.8. The molecule has 2 heteroatoms. The van der Waals surface area contributed by atoms with E-state index in [4.69, 9.17) is 0 Å². The normalized spacial score (nSPS) is 11.5. The van der Waals surface area contributed by atoms with E-state index in [1.807, 2.05) is 6.92 Å². The zero-order valence-corrected chi connectivity index (χ0v) is 22.4. The molecule has 0 aliphatic rings. The highest BCUT2D eigenvalue weighted by atomic mass is 28.3. The van der Waals surface area contributed by atoms with Gasteiger partial charge in [0.2, 0.25) is 0 Å². The monoisotopic (exact) mass is 493 g/mol. The van der Waals surface area contributed by atoms with E-state index in [1.54, 1.807) is 6.21 Å². The number of aliphatic imine (C=N–C) groups is 1. The molecular formula is C35H31NSi. The van der Waals surface area contributed by atoms with E-state index >= 15 is 0 Å². The second-order valence-corrected chi connectivity index (χ2v) is 13.1. The molecule has 0 amide bonds. The predicted molar refractivity (Wildman–Crippen MR) is 163 cm³/mol. The first-order chi connectivity index (χ1) is 18.1. The van der Waals surface area contributed by atoms with E-state index in [0.29, 0.717) is 0 Å². The molecule has 0 spiro atoms. The first-order valence-corrected chi connectivity index (χ1v) is 14.7. The summed E-state index contributed by atoms with van der Waals surface area (Å²) in [6.45, 7) is 8.24. The van der Waals surface area contributed by atoms with Crippen LogP contribution < -0.4 is 20.7 Å². The average Bonchev–Trinajstić information content (AvgIpc) is 2.96. The molecule has 37 heavy (non-hydrogen) atoms. The molecule has 0 aromatic heterocycles. The van der Waals surface area contributed by atoms with Crippen LogP contribution in [-0.2, 0) is 0 Å². The van der Waals surface area contributed by atoms with Crippen molar-refractivity contribution < 1.29 is 0 Å². The lowest BCUT2D eigenvalue weighted by molar-refractivity contribution is 1.39. The molecule has 0 saturated heterocycles. The zero-order valence-electron chi connectivity index (χ0n) is 21.4. The van der Waals surface area contributed by atoms with Gasteiger partial charge in [0.05, 0.1) is 5.70 Å². The van der Waals surface area contributed by atoms with Crippen molar-refractivity contribution >= 4 is 40.7 Å². The number of hydrogen-bond donors (Lipinski definition) is 0. The van der Waals surface area contributed by atoms with E-state index in [9.17, 15) is 0 Å². The molecule has 0 saturated carbocycles. The molecule has 0 N–H and O–H groups in total. The van der Waals surface area contributed by atoms with Crippen LogP contribution in [0.5, 0.6) is 0 Å². The van der Waals surface area contributed by atoms with Crippen LogP contribution in [-0.4, -0.2) is 14.3 Å². The van der Waals surface area contributed by atoms with Gasteiger partial charge in [-0.15, -0.1) is 0 Å². The summed E-state index contributed by atoms with van der Waals surface area (Å²) in [6.07, 6.45) is 1.80. The Hall–Kier alpha value is -4.27. The van der Waals surface area contributed by atoms with Crippen LogP contribution in [0.3, 0.4) is 0 Å². The van der Waals surface area contributed by atoms with Crippen molar-refractivity contribution in [1.29, 1.82) is 0 Å².